The first kappa shape index (κ1) is 17.3. The lowest BCUT2D eigenvalue weighted by Gasteiger charge is -2.24. The largest absolute Gasteiger partial charge is 0.444 e. The summed E-state index contributed by atoms with van der Waals surface area (Å²) in [6.45, 7) is 7.16. The van der Waals surface area contributed by atoms with Crippen molar-refractivity contribution in [3.63, 3.8) is 0 Å². The predicted octanol–water partition coefficient (Wildman–Crippen LogP) is 5.19. The number of rotatable bonds is 2. The molecule has 1 heterocycles. The number of carbonyl (C=O) groups excluding carboxylic acids is 1. The van der Waals surface area contributed by atoms with Crippen LogP contribution in [-0.4, -0.2) is 35.0 Å². The van der Waals surface area contributed by atoms with Gasteiger partial charge >= 0.3 is 6.09 Å². The second-order valence-corrected chi connectivity index (χ2v) is 8.12. The monoisotopic (exact) mass is 389 g/mol. The molecule has 0 saturated carbocycles. The smallest absolute Gasteiger partial charge is 0.410 e. The van der Waals surface area contributed by atoms with Crippen LogP contribution in [0, 0.1) is 5.92 Å². The number of benzene rings is 2. The van der Waals surface area contributed by atoms with Gasteiger partial charge in [-0.15, -0.1) is 0 Å². The van der Waals surface area contributed by atoms with E-state index in [1.165, 1.54) is 16.3 Å². The van der Waals surface area contributed by atoms with Crippen molar-refractivity contribution < 1.29 is 9.53 Å². The summed E-state index contributed by atoms with van der Waals surface area (Å²) in [4.78, 5) is 14.3. The van der Waals surface area contributed by atoms with E-state index >= 15 is 0 Å². The number of fused-ring (bicyclic) bond motifs is 1. The van der Waals surface area contributed by atoms with Gasteiger partial charge in [-0.2, -0.15) is 0 Å². The Morgan fingerprint density at radius 1 is 1.17 bits per heavy atom. The lowest BCUT2D eigenvalue weighted by molar-refractivity contribution is 0.0288. The van der Waals surface area contributed by atoms with E-state index in [9.17, 15) is 4.79 Å². The number of ether oxygens (including phenoxy) is 1. The third-order valence-electron chi connectivity index (χ3n) is 4.51. The van der Waals surface area contributed by atoms with Crippen LogP contribution >= 0.6 is 15.9 Å². The minimum atomic E-state index is -0.460. The third kappa shape index (κ3) is 3.59. The number of likely N-dealkylation sites (tertiary alicyclic amines) is 1. The molecule has 0 aromatic heterocycles. The molecule has 0 N–H and O–H groups in total. The van der Waals surface area contributed by atoms with Gasteiger partial charge in [0.15, 0.2) is 0 Å². The predicted molar refractivity (Wildman–Crippen MR) is 102 cm³/mol. The summed E-state index contributed by atoms with van der Waals surface area (Å²) in [7, 11) is 0. The van der Waals surface area contributed by atoms with Crippen molar-refractivity contribution >= 4 is 32.8 Å². The third-order valence-corrected chi connectivity index (χ3v) is 5.35. The fourth-order valence-electron chi connectivity index (χ4n) is 3.43. The van der Waals surface area contributed by atoms with E-state index in [1.54, 1.807) is 0 Å². The topological polar surface area (TPSA) is 29.5 Å². The maximum absolute atomic E-state index is 12.5. The lowest BCUT2D eigenvalue weighted by Crippen LogP contribution is -2.35. The highest BCUT2D eigenvalue weighted by molar-refractivity contribution is 9.09. The highest BCUT2D eigenvalue weighted by Crippen LogP contribution is 2.37. The molecular formula is C20H24BrNO2. The van der Waals surface area contributed by atoms with Crippen molar-refractivity contribution in [1.29, 1.82) is 0 Å². The van der Waals surface area contributed by atoms with Gasteiger partial charge in [0.05, 0.1) is 0 Å². The molecule has 3 nitrogen and oxygen atoms in total. The molecule has 1 aliphatic heterocycles. The van der Waals surface area contributed by atoms with Gasteiger partial charge in [0.25, 0.3) is 0 Å². The number of amides is 1. The molecule has 0 radical (unpaired) electrons. The number of hydrogen-bond acceptors (Lipinski definition) is 2. The van der Waals surface area contributed by atoms with Crippen LogP contribution in [0.25, 0.3) is 10.8 Å². The fourth-order valence-corrected chi connectivity index (χ4v) is 4.09. The molecule has 1 fully saturated rings. The summed E-state index contributed by atoms with van der Waals surface area (Å²) in [6, 6.07) is 14.9. The number of hydrogen-bond donors (Lipinski definition) is 0. The minimum Gasteiger partial charge on any atom is -0.444 e. The quantitative estimate of drug-likeness (QED) is 0.661. The molecule has 128 valence electrons. The van der Waals surface area contributed by atoms with Gasteiger partial charge in [0.2, 0.25) is 0 Å². The van der Waals surface area contributed by atoms with E-state index in [0.29, 0.717) is 18.4 Å². The van der Waals surface area contributed by atoms with Gasteiger partial charge in [-0.1, -0.05) is 58.4 Å². The molecule has 2 aromatic rings. The van der Waals surface area contributed by atoms with Crippen LogP contribution in [-0.2, 0) is 4.74 Å². The van der Waals surface area contributed by atoms with Gasteiger partial charge in [-0.3, -0.25) is 0 Å². The molecule has 0 aliphatic carbocycles. The fraction of sp³-hybridized carbons (Fsp3) is 0.450. The lowest BCUT2D eigenvalue weighted by atomic mass is 9.87. The molecule has 3 rings (SSSR count). The molecule has 1 amide bonds. The molecule has 0 spiro atoms. The van der Waals surface area contributed by atoms with Gasteiger partial charge in [-0.25, -0.2) is 4.79 Å². The van der Waals surface area contributed by atoms with Crippen LogP contribution in [0.2, 0.25) is 0 Å². The molecule has 2 atom stereocenters. The van der Waals surface area contributed by atoms with Crippen LogP contribution in [0.1, 0.15) is 32.3 Å². The Morgan fingerprint density at radius 3 is 2.58 bits per heavy atom. The Labute approximate surface area is 152 Å². The summed E-state index contributed by atoms with van der Waals surface area (Å²) in [5, 5.41) is 3.40. The molecule has 0 unspecified atom stereocenters. The van der Waals surface area contributed by atoms with Gasteiger partial charge in [0.1, 0.15) is 5.60 Å². The molecule has 2 aromatic carbocycles. The molecule has 1 saturated heterocycles. The number of carbonyl (C=O) groups is 1. The molecular weight excluding hydrogens is 366 g/mol. The van der Waals surface area contributed by atoms with Gasteiger partial charge in [-0.05, 0) is 43.0 Å². The summed E-state index contributed by atoms with van der Waals surface area (Å²) < 4.78 is 5.56. The highest BCUT2D eigenvalue weighted by Gasteiger charge is 2.37. The zero-order chi connectivity index (χ0) is 17.3. The Hall–Kier alpha value is -1.55. The normalized spacial score (nSPS) is 21.2. The van der Waals surface area contributed by atoms with Crippen LogP contribution in [0.4, 0.5) is 4.79 Å². The maximum atomic E-state index is 12.5. The van der Waals surface area contributed by atoms with Gasteiger partial charge < -0.3 is 9.64 Å². The van der Waals surface area contributed by atoms with Crippen molar-refractivity contribution in [3.05, 3.63) is 48.0 Å². The first-order chi connectivity index (χ1) is 11.4. The number of alkyl halides is 1. The highest BCUT2D eigenvalue weighted by atomic mass is 79.9. The van der Waals surface area contributed by atoms with Crippen LogP contribution in [0.5, 0.6) is 0 Å². The second kappa shape index (κ2) is 6.75. The van der Waals surface area contributed by atoms with Crippen molar-refractivity contribution in [2.45, 2.75) is 32.3 Å². The Kier molecular flexibility index (Phi) is 4.86. The molecule has 0 bridgehead atoms. The standard InChI is InChI=1S/C20H24BrNO2/c1-20(2,3)24-19(23)22-12-15(11-21)18(13-22)17-10-6-8-14-7-4-5-9-16(14)17/h4-10,15,18H,11-13H2,1-3H3/t15-,18-/m0/s1. The summed E-state index contributed by atoms with van der Waals surface area (Å²) in [6.07, 6.45) is -0.212. The first-order valence-electron chi connectivity index (χ1n) is 8.40. The van der Waals surface area contributed by atoms with E-state index in [-0.39, 0.29) is 6.09 Å². The van der Waals surface area contributed by atoms with Crippen molar-refractivity contribution in [2.75, 3.05) is 18.4 Å². The zero-order valence-electron chi connectivity index (χ0n) is 14.5. The zero-order valence-corrected chi connectivity index (χ0v) is 16.0. The van der Waals surface area contributed by atoms with E-state index < -0.39 is 5.60 Å². The van der Waals surface area contributed by atoms with E-state index in [2.05, 4.69) is 58.4 Å². The maximum Gasteiger partial charge on any atom is 0.410 e. The van der Waals surface area contributed by atoms with Gasteiger partial charge in [0, 0.05) is 24.3 Å². The Morgan fingerprint density at radius 2 is 1.88 bits per heavy atom. The van der Waals surface area contributed by atoms with Crippen molar-refractivity contribution in [1.82, 2.24) is 4.90 Å². The average molecular weight is 390 g/mol. The van der Waals surface area contributed by atoms with Crippen LogP contribution in [0.15, 0.2) is 42.5 Å². The van der Waals surface area contributed by atoms with Crippen molar-refractivity contribution in [3.8, 4) is 0 Å². The Bertz CT molecular complexity index is 732. The van der Waals surface area contributed by atoms with Crippen LogP contribution < -0.4 is 0 Å². The summed E-state index contributed by atoms with van der Waals surface area (Å²) >= 11 is 3.64. The first-order valence-corrected chi connectivity index (χ1v) is 9.53. The summed E-state index contributed by atoms with van der Waals surface area (Å²) in [5.74, 6) is 0.714. The number of halogens is 1. The number of nitrogens with zero attached hydrogens (tertiary/aromatic N) is 1. The molecule has 24 heavy (non-hydrogen) atoms. The average Bonchev–Trinajstić information content (AvgIpc) is 2.97. The molecule has 1 aliphatic rings. The minimum absolute atomic E-state index is 0.212. The second-order valence-electron chi connectivity index (χ2n) is 7.47. The van der Waals surface area contributed by atoms with E-state index in [4.69, 9.17) is 4.74 Å². The Balaban J connectivity index is 1.88. The molecule has 4 heteroatoms. The van der Waals surface area contributed by atoms with Crippen molar-refractivity contribution in [2.24, 2.45) is 5.92 Å². The van der Waals surface area contributed by atoms with E-state index in [0.717, 1.165) is 11.9 Å². The van der Waals surface area contributed by atoms with E-state index in [1.807, 2.05) is 25.7 Å². The SMILES string of the molecule is CC(C)(C)OC(=O)N1C[C@H](CBr)[C@@H](c2cccc3ccccc23)C1. The van der Waals surface area contributed by atoms with Crippen LogP contribution in [0.3, 0.4) is 0 Å². The summed E-state index contributed by atoms with van der Waals surface area (Å²) in [5.41, 5.74) is 0.863.